The summed E-state index contributed by atoms with van der Waals surface area (Å²) in [6.45, 7) is 3.84. The summed E-state index contributed by atoms with van der Waals surface area (Å²) in [5.41, 5.74) is 2.08. The maximum Gasteiger partial charge on any atom is 0.258 e. The summed E-state index contributed by atoms with van der Waals surface area (Å²) in [6, 6.07) is 3.90. The third-order valence-corrected chi connectivity index (χ3v) is 4.94. The molecule has 1 aliphatic carbocycles. The van der Waals surface area contributed by atoms with E-state index in [0.717, 1.165) is 24.1 Å². The Morgan fingerprint density at radius 2 is 2.19 bits per heavy atom. The van der Waals surface area contributed by atoms with Crippen molar-refractivity contribution < 1.29 is 9.32 Å². The molecule has 3 aromatic heterocycles. The lowest BCUT2D eigenvalue weighted by molar-refractivity contribution is 0.0937. The minimum absolute atomic E-state index is 0.0775. The van der Waals surface area contributed by atoms with Crippen LogP contribution in [0.5, 0.6) is 0 Å². The molecule has 0 aliphatic heterocycles. The minimum atomic E-state index is -0.0775. The first-order valence-electron chi connectivity index (χ1n) is 9.30. The summed E-state index contributed by atoms with van der Waals surface area (Å²) in [4.78, 5) is 21.3. The second kappa shape index (κ2) is 7.30. The Balaban J connectivity index is 1.59. The first-order chi connectivity index (χ1) is 13.2. The Morgan fingerprint density at radius 1 is 1.37 bits per heavy atom. The van der Waals surface area contributed by atoms with Gasteiger partial charge in [-0.05, 0) is 31.9 Å². The van der Waals surface area contributed by atoms with Gasteiger partial charge in [-0.1, -0.05) is 24.9 Å². The van der Waals surface area contributed by atoms with Gasteiger partial charge in [0.05, 0.1) is 17.5 Å². The van der Waals surface area contributed by atoms with E-state index in [1.165, 1.54) is 12.8 Å². The Bertz CT molecular complexity index is 955. The van der Waals surface area contributed by atoms with Gasteiger partial charge in [0.15, 0.2) is 11.6 Å². The zero-order valence-corrected chi connectivity index (χ0v) is 15.5. The van der Waals surface area contributed by atoms with Crippen LogP contribution in [0.2, 0.25) is 0 Å². The molecule has 1 fully saturated rings. The van der Waals surface area contributed by atoms with E-state index in [9.17, 15) is 4.79 Å². The van der Waals surface area contributed by atoms with Gasteiger partial charge in [-0.25, -0.2) is 9.67 Å². The van der Waals surface area contributed by atoms with E-state index in [2.05, 4.69) is 25.5 Å². The van der Waals surface area contributed by atoms with Gasteiger partial charge in [-0.3, -0.25) is 4.79 Å². The molecule has 0 spiro atoms. The molecule has 140 valence electrons. The number of carbonyl (C=O) groups excluding carboxylic acids is 1. The van der Waals surface area contributed by atoms with Crippen molar-refractivity contribution in [1.82, 2.24) is 30.2 Å². The van der Waals surface area contributed by atoms with Crippen LogP contribution >= 0.6 is 0 Å². The van der Waals surface area contributed by atoms with E-state index in [4.69, 9.17) is 4.52 Å². The van der Waals surface area contributed by atoms with Crippen LogP contribution in [0.3, 0.4) is 0 Å². The molecular weight excluding hydrogens is 344 g/mol. The van der Waals surface area contributed by atoms with Crippen LogP contribution in [0.1, 0.15) is 54.5 Å². The number of hydrogen-bond donors (Lipinski definition) is 1. The zero-order valence-electron chi connectivity index (χ0n) is 15.5. The quantitative estimate of drug-likeness (QED) is 0.745. The van der Waals surface area contributed by atoms with Crippen molar-refractivity contribution in [2.75, 3.05) is 0 Å². The van der Waals surface area contributed by atoms with Gasteiger partial charge in [-0.2, -0.15) is 10.1 Å². The average molecular weight is 366 g/mol. The van der Waals surface area contributed by atoms with Gasteiger partial charge in [0.2, 0.25) is 0 Å². The summed E-state index contributed by atoms with van der Waals surface area (Å²) < 4.78 is 6.95. The number of aromatic nitrogens is 5. The van der Waals surface area contributed by atoms with E-state index in [1.54, 1.807) is 17.1 Å². The van der Waals surface area contributed by atoms with Crippen molar-refractivity contribution in [3.05, 3.63) is 41.6 Å². The molecule has 0 unspecified atom stereocenters. The summed E-state index contributed by atoms with van der Waals surface area (Å²) in [5, 5.41) is 11.4. The van der Waals surface area contributed by atoms with Gasteiger partial charge in [0, 0.05) is 24.2 Å². The van der Waals surface area contributed by atoms with Crippen molar-refractivity contribution in [1.29, 1.82) is 0 Å². The molecule has 3 heterocycles. The minimum Gasteiger partial charge on any atom is -0.349 e. The first-order valence-corrected chi connectivity index (χ1v) is 9.30. The molecule has 1 N–H and O–H groups in total. The first kappa shape index (κ1) is 17.4. The Kier molecular flexibility index (Phi) is 4.70. The number of nitrogens with zero attached hydrogens (tertiary/aromatic N) is 5. The molecule has 1 aliphatic rings. The van der Waals surface area contributed by atoms with Crippen molar-refractivity contribution in [3.63, 3.8) is 0 Å². The fourth-order valence-corrected chi connectivity index (χ4v) is 3.38. The monoisotopic (exact) mass is 366 g/mol. The van der Waals surface area contributed by atoms with Gasteiger partial charge in [0.25, 0.3) is 11.8 Å². The van der Waals surface area contributed by atoms with E-state index in [0.29, 0.717) is 29.5 Å². The zero-order chi connectivity index (χ0) is 18.8. The maximum absolute atomic E-state index is 12.6. The number of carbonyl (C=O) groups is 1. The molecule has 0 atom stereocenters. The van der Waals surface area contributed by atoms with E-state index in [-0.39, 0.29) is 11.9 Å². The average Bonchev–Trinajstić information content (AvgIpc) is 3.42. The van der Waals surface area contributed by atoms with E-state index >= 15 is 0 Å². The Hall–Kier alpha value is -3.03. The SMILES string of the molecule is CCc1noc(-c2ccnc(-n3ncc(C(=O)NC4CCCC4)c3C)c2)n1. The van der Waals surface area contributed by atoms with Gasteiger partial charge in [-0.15, -0.1) is 0 Å². The van der Waals surface area contributed by atoms with Gasteiger partial charge >= 0.3 is 0 Å². The van der Waals surface area contributed by atoms with Crippen molar-refractivity contribution in [2.45, 2.75) is 52.0 Å². The summed E-state index contributed by atoms with van der Waals surface area (Å²) in [5.74, 6) is 1.62. The number of hydrogen-bond acceptors (Lipinski definition) is 6. The predicted octanol–water partition coefficient (Wildman–Crippen LogP) is 2.86. The number of amides is 1. The largest absolute Gasteiger partial charge is 0.349 e. The van der Waals surface area contributed by atoms with Crippen LogP contribution in [-0.2, 0) is 6.42 Å². The Morgan fingerprint density at radius 3 is 2.93 bits per heavy atom. The molecule has 0 aromatic carbocycles. The topological polar surface area (TPSA) is 98.7 Å². The van der Waals surface area contributed by atoms with Crippen LogP contribution in [0.4, 0.5) is 0 Å². The number of nitrogens with one attached hydrogen (secondary N) is 1. The molecule has 3 aromatic rings. The molecule has 1 saturated carbocycles. The van der Waals surface area contributed by atoms with Crippen molar-refractivity contribution in [2.24, 2.45) is 0 Å². The van der Waals surface area contributed by atoms with Crippen LogP contribution < -0.4 is 5.32 Å². The molecule has 8 nitrogen and oxygen atoms in total. The standard InChI is InChI=1S/C19H22N6O2/c1-3-16-23-19(27-24-16)13-8-9-20-17(10-13)25-12(2)15(11-21-25)18(26)22-14-6-4-5-7-14/h8-11,14H,3-7H2,1-2H3,(H,22,26). The normalized spacial score (nSPS) is 14.6. The van der Waals surface area contributed by atoms with Crippen molar-refractivity contribution >= 4 is 5.91 Å². The molecular formula is C19H22N6O2. The molecule has 4 rings (SSSR count). The smallest absolute Gasteiger partial charge is 0.258 e. The van der Waals surface area contributed by atoms with Crippen LogP contribution in [0.25, 0.3) is 17.3 Å². The molecule has 8 heteroatoms. The summed E-state index contributed by atoms with van der Waals surface area (Å²) in [6.07, 6.45) is 8.42. The van der Waals surface area contributed by atoms with Gasteiger partial charge in [0.1, 0.15) is 0 Å². The molecule has 0 radical (unpaired) electrons. The highest BCUT2D eigenvalue weighted by Crippen LogP contribution is 2.22. The second-order valence-electron chi connectivity index (χ2n) is 6.78. The lowest BCUT2D eigenvalue weighted by Crippen LogP contribution is -2.32. The molecule has 27 heavy (non-hydrogen) atoms. The Labute approximate surface area is 157 Å². The van der Waals surface area contributed by atoms with Crippen LogP contribution in [0.15, 0.2) is 29.0 Å². The maximum atomic E-state index is 12.6. The molecule has 0 saturated heterocycles. The predicted molar refractivity (Wildman–Crippen MR) is 98.5 cm³/mol. The van der Waals surface area contributed by atoms with E-state index < -0.39 is 0 Å². The number of pyridine rings is 1. The summed E-state index contributed by atoms with van der Waals surface area (Å²) >= 11 is 0. The third-order valence-electron chi connectivity index (χ3n) is 4.94. The number of rotatable bonds is 5. The lowest BCUT2D eigenvalue weighted by Gasteiger charge is -2.11. The van der Waals surface area contributed by atoms with Crippen LogP contribution in [-0.4, -0.2) is 36.9 Å². The fourth-order valence-electron chi connectivity index (χ4n) is 3.38. The van der Waals surface area contributed by atoms with Crippen molar-refractivity contribution in [3.8, 4) is 17.3 Å². The van der Waals surface area contributed by atoms with E-state index in [1.807, 2.05) is 26.0 Å². The summed E-state index contributed by atoms with van der Waals surface area (Å²) in [7, 11) is 0. The third kappa shape index (κ3) is 3.47. The highest BCUT2D eigenvalue weighted by atomic mass is 16.5. The highest BCUT2D eigenvalue weighted by molar-refractivity contribution is 5.95. The highest BCUT2D eigenvalue weighted by Gasteiger charge is 2.21. The molecule has 0 bridgehead atoms. The second-order valence-corrected chi connectivity index (χ2v) is 6.78. The molecule has 1 amide bonds. The fraction of sp³-hybridized carbons (Fsp3) is 0.421. The lowest BCUT2D eigenvalue weighted by atomic mass is 10.2. The van der Waals surface area contributed by atoms with Crippen LogP contribution in [0, 0.1) is 6.92 Å². The van der Waals surface area contributed by atoms with Gasteiger partial charge < -0.3 is 9.84 Å². The number of aryl methyl sites for hydroxylation is 1.